The van der Waals surface area contributed by atoms with Crippen molar-refractivity contribution in [1.29, 1.82) is 0 Å². The van der Waals surface area contributed by atoms with E-state index in [1.807, 2.05) is 0 Å². The molecule has 0 amide bonds. The molecule has 120 valence electrons. The van der Waals surface area contributed by atoms with E-state index < -0.39 is 0 Å². The van der Waals surface area contributed by atoms with Crippen LogP contribution in [0.25, 0.3) is 0 Å². The van der Waals surface area contributed by atoms with Gasteiger partial charge in [-0.1, -0.05) is 27.7 Å². The highest BCUT2D eigenvalue weighted by molar-refractivity contribution is 5.27. The maximum atomic E-state index is 10.9. The molecule has 1 spiro atoms. The number of hydrogen-bond acceptors (Lipinski definition) is 1. The molecule has 0 radical (unpaired) electrons. The lowest BCUT2D eigenvalue weighted by atomic mass is 9.46. The minimum absolute atomic E-state index is 0.381. The van der Waals surface area contributed by atoms with Gasteiger partial charge in [0.2, 0.25) is 0 Å². The predicted molar refractivity (Wildman–Crippen MR) is 86.9 cm³/mol. The van der Waals surface area contributed by atoms with Gasteiger partial charge in [0.05, 0.1) is 5.60 Å². The van der Waals surface area contributed by atoms with Gasteiger partial charge in [-0.05, 0) is 91.8 Å². The summed E-state index contributed by atoms with van der Waals surface area (Å²) in [6.45, 7) is 12.2. The molecular weight excluding hydrogens is 256 g/mol. The molecule has 0 aromatic heterocycles. The van der Waals surface area contributed by atoms with Crippen LogP contribution in [0.5, 0.6) is 0 Å². The molecule has 0 aromatic carbocycles. The Morgan fingerprint density at radius 2 is 1.57 bits per heavy atom. The van der Waals surface area contributed by atoms with Crippen molar-refractivity contribution >= 4 is 0 Å². The van der Waals surface area contributed by atoms with Crippen LogP contribution in [-0.4, -0.2) is 10.7 Å². The summed E-state index contributed by atoms with van der Waals surface area (Å²) in [7, 11) is 0. The largest absolute Gasteiger partial charge is 0.390 e. The lowest BCUT2D eigenvalue weighted by Crippen LogP contribution is -2.54. The van der Waals surface area contributed by atoms with Crippen LogP contribution in [0.15, 0.2) is 0 Å². The van der Waals surface area contributed by atoms with Crippen molar-refractivity contribution in [2.24, 2.45) is 39.9 Å². The molecule has 1 nitrogen and oxygen atoms in total. The molecule has 7 atom stereocenters. The van der Waals surface area contributed by atoms with Gasteiger partial charge in [0.25, 0.3) is 0 Å². The minimum atomic E-state index is -0.381. The maximum absolute atomic E-state index is 10.9. The van der Waals surface area contributed by atoms with Crippen molar-refractivity contribution in [3.8, 4) is 0 Å². The molecule has 6 unspecified atom stereocenters. The SMILES string of the molecule is CC(C)C1CCC2C1(C)CCC1(C)CC[C@@](C)(O)C3CC231. The molecular formula is C20H34O. The van der Waals surface area contributed by atoms with Gasteiger partial charge in [-0.3, -0.25) is 0 Å². The van der Waals surface area contributed by atoms with Gasteiger partial charge < -0.3 is 5.11 Å². The molecule has 0 aliphatic heterocycles. The van der Waals surface area contributed by atoms with Crippen LogP contribution in [0, 0.1) is 39.9 Å². The third-order valence-electron chi connectivity index (χ3n) is 9.11. The summed E-state index contributed by atoms with van der Waals surface area (Å²) in [6, 6.07) is 0. The Morgan fingerprint density at radius 3 is 2.24 bits per heavy atom. The quantitative estimate of drug-likeness (QED) is 0.718. The zero-order chi connectivity index (χ0) is 15.3. The molecule has 0 bridgehead atoms. The fourth-order valence-corrected chi connectivity index (χ4v) is 7.93. The first kappa shape index (κ1) is 14.5. The zero-order valence-corrected chi connectivity index (χ0v) is 14.7. The third-order valence-corrected chi connectivity index (χ3v) is 9.11. The summed E-state index contributed by atoms with van der Waals surface area (Å²) in [5, 5.41) is 10.9. The van der Waals surface area contributed by atoms with Crippen LogP contribution in [0.1, 0.15) is 79.6 Å². The van der Waals surface area contributed by atoms with Gasteiger partial charge >= 0.3 is 0 Å². The van der Waals surface area contributed by atoms with Gasteiger partial charge in [-0.25, -0.2) is 0 Å². The highest BCUT2D eigenvalue weighted by Gasteiger charge is 2.78. The van der Waals surface area contributed by atoms with E-state index in [0.717, 1.165) is 24.2 Å². The first-order valence-electron chi connectivity index (χ1n) is 9.40. The van der Waals surface area contributed by atoms with E-state index >= 15 is 0 Å². The van der Waals surface area contributed by atoms with E-state index in [-0.39, 0.29) is 5.60 Å². The van der Waals surface area contributed by atoms with Gasteiger partial charge in [0.1, 0.15) is 0 Å². The molecule has 1 heteroatoms. The van der Waals surface area contributed by atoms with Crippen molar-refractivity contribution in [2.45, 2.75) is 85.2 Å². The second-order valence-electron chi connectivity index (χ2n) is 10.2. The van der Waals surface area contributed by atoms with Gasteiger partial charge in [-0.15, -0.1) is 0 Å². The second-order valence-corrected chi connectivity index (χ2v) is 10.2. The van der Waals surface area contributed by atoms with Crippen molar-refractivity contribution < 1.29 is 5.11 Å². The summed E-state index contributed by atoms with van der Waals surface area (Å²) in [5.41, 5.74) is 1.19. The first-order valence-corrected chi connectivity index (χ1v) is 9.40. The van der Waals surface area contributed by atoms with E-state index in [2.05, 4.69) is 34.6 Å². The Bertz CT molecular complexity index is 466. The zero-order valence-electron chi connectivity index (χ0n) is 14.7. The summed E-state index contributed by atoms with van der Waals surface area (Å²) in [5.74, 6) is 3.21. The molecule has 0 saturated heterocycles. The molecule has 4 saturated carbocycles. The average Bonchev–Trinajstić information content (AvgIpc) is 3.06. The highest BCUT2D eigenvalue weighted by Crippen LogP contribution is 2.83. The van der Waals surface area contributed by atoms with Crippen molar-refractivity contribution in [1.82, 2.24) is 0 Å². The van der Waals surface area contributed by atoms with Crippen LogP contribution in [0.2, 0.25) is 0 Å². The molecule has 4 fully saturated rings. The normalized spacial score (nSPS) is 62.1. The second kappa shape index (κ2) is 3.89. The number of aliphatic hydroxyl groups is 1. The minimum Gasteiger partial charge on any atom is -0.390 e. The summed E-state index contributed by atoms with van der Waals surface area (Å²) >= 11 is 0. The lowest BCUT2D eigenvalue weighted by Gasteiger charge is -2.59. The lowest BCUT2D eigenvalue weighted by molar-refractivity contribution is -0.135. The topological polar surface area (TPSA) is 20.2 Å². The molecule has 4 rings (SSSR count). The Morgan fingerprint density at radius 1 is 0.905 bits per heavy atom. The molecule has 21 heavy (non-hydrogen) atoms. The van der Waals surface area contributed by atoms with Gasteiger partial charge in [0, 0.05) is 0 Å². The van der Waals surface area contributed by atoms with E-state index in [1.54, 1.807) is 0 Å². The van der Waals surface area contributed by atoms with Crippen LogP contribution < -0.4 is 0 Å². The fraction of sp³-hybridized carbons (Fsp3) is 1.00. The Balaban J connectivity index is 1.75. The van der Waals surface area contributed by atoms with E-state index in [9.17, 15) is 5.11 Å². The monoisotopic (exact) mass is 290 g/mol. The number of hydrogen-bond donors (Lipinski definition) is 1. The summed E-state index contributed by atoms with van der Waals surface area (Å²) in [4.78, 5) is 0. The molecule has 0 heterocycles. The molecule has 4 aliphatic rings. The third kappa shape index (κ3) is 1.53. The Labute approximate surface area is 130 Å². The van der Waals surface area contributed by atoms with Gasteiger partial charge in [0.15, 0.2) is 0 Å². The smallest absolute Gasteiger partial charge is 0.0653 e. The molecule has 0 aromatic rings. The highest BCUT2D eigenvalue weighted by atomic mass is 16.3. The van der Waals surface area contributed by atoms with E-state index in [1.165, 1.54) is 38.5 Å². The molecule has 1 N–H and O–H groups in total. The van der Waals surface area contributed by atoms with Crippen LogP contribution >= 0.6 is 0 Å². The van der Waals surface area contributed by atoms with Crippen LogP contribution in [0.3, 0.4) is 0 Å². The predicted octanol–water partition coefficient (Wildman–Crippen LogP) is 5.03. The van der Waals surface area contributed by atoms with E-state index in [0.29, 0.717) is 22.2 Å². The number of fused-ring (bicyclic) bond motifs is 1. The van der Waals surface area contributed by atoms with E-state index in [4.69, 9.17) is 0 Å². The molecule has 4 aliphatic carbocycles. The first-order chi connectivity index (χ1) is 9.67. The fourth-order valence-electron chi connectivity index (χ4n) is 7.93. The van der Waals surface area contributed by atoms with Crippen molar-refractivity contribution in [2.75, 3.05) is 0 Å². The summed E-state index contributed by atoms with van der Waals surface area (Å²) < 4.78 is 0. The van der Waals surface area contributed by atoms with Crippen LogP contribution in [0.4, 0.5) is 0 Å². The van der Waals surface area contributed by atoms with Crippen molar-refractivity contribution in [3.63, 3.8) is 0 Å². The summed E-state index contributed by atoms with van der Waals surface area (Å²) in [6.07, 6.45) is 9.33. The average molecular weight is 290 g/mol. The van der Waals surface area contributed by atoms with Gasteiger partial charge in [-0.2, -0.15) is 0 Å². The number of rotatable bonds is 1. The van der Waals surface area contributed by atoms with Crippen LogP contribution in [-0.2, 0) is 0 Å². The van der Waals surface area contributed by atoms with Crippen molar-refractivity contribution in [3.05, 3.63) is 0 Å². The Hall–Kier alpha value is -0.0400. The standard InChI is InChI=1S/C20H34O/c1-13(2)14-6-7-15-18(14,4)10-8-17(3)9-11-19(5,21)16-12-20(15,16)17/h13-16,21H,6-12H2,1-5H3/t14?,15?,16?,17?,18?,19-,20?/m1/s1. The Kier molecular flexibility index (Phi) is 2.69. The maximum Gasteiger partial charge on any atom is 0.0653 e.